The molecule has 1 atom stereocenters. The summed E-state index contributed by atoms with van der Waals surface area (Å²) in [6.45, 7) is 0. The third-order valence-corrected chi connectivity index (χ3v) is 9.53. The molecule has 9 rings (SSSR count). The summed E-state index contributed by atoms with van der Waals surface area (Å²) in [5.74, 6) is 0. The van der Waals surface area contributed by atoms with Gasteiger partial charge in [0.2, 0.25) is 0 Å². The van der Waals surface area contributed by atoms with E-state index in [1.165, 1.54) is 71.9 Å². The van der Waals surface area contributed by atoms with Crippen molar-refractivity contribution in [3.63, 3.8) is 0 Å². The lowest BCUT2D eigenvalue weighted by molar-refractivity contribution is 0.623. The van der Waals surface area contributed by atoms with E-state index in [2.05, 4.69) is 161 Å². The second-order valence-electron chi connectivity index (χ2n) is 12.0. The number of para-hydroxylation sites is 1. The maximum Gasteiger partial charge on any atom is 0.0562 e. The van der Waals surface area contributed by atoms with E-state index in [1.54, 1.807) is 0 Å². The summed E-state index contributed by atoms with van der Waals surface area (Å²) in [4.78, 5) is 0. The van der Waals surface area contributed by atoms with Gasteiger partial charge in [0.05, 0.1) is 22.6 Å². The van der Waals surface area contributed by atoms with E-state index >= 15 is 0 Å². The molecule has 0 N–H and O–H groups in total. The lowest BCUT2D eigenvalue weighted by Gasteiger charge is -2.22. The van der Waals surface area contributed by atoms with Crippen LogP contribution in [-0.2, 0) is 6.42 Å². The standard InChI is InChI=1S/C42H32N2/c1-3-11-29(12-4-1)31-19-23-33(24-20-31)43-39-17-9-7-15-35(39)37-27-38-36-16-8-10-18-40(36)44(42(38)28-41(37)43)34-25-21-32(22-26-34)30-13-5-2-6-14-30/h1-7,9-15,17-25,27-28,34H,8,16,26H2. The minimum Gasteiger partial charge on any atom is -0.333 e. The molecule has 2 heteroatoms. The van der Waals surface area contributed by atoms with E-state index in [-0.39, 0.29) is 6.04 Å². The van der Waals surface area contributed by atoms with Gasteiger partial charge < -0.3 is 9.13 Å². The summed E-state index contributed by atoms with van der Waals surface area (Å²) in [5, 5.41) is 4.02. The van der Waals surface area contributed by atoms with Crippen LogP contribution in [0.2, 0.25) is 0 Å². The van der Waals surface area contributed by atoms with Gasteiger partial charge in [0.15, 0.2) is 0 Å². The third kappa shape index (κ3) is 3.95. The molecule has 0 fully saturated rings. The number of rotatable bonds is 4. The summed E-state index contributed by atoms with van der Waals surface area (Å²) < 4.78 is 5.06. The maximum atomic E-state index is 2.61. The molecule has 2 aliphatic rings. The normalized spacial score (nSPS) is 16.1. The lowest BCUT2D eigenvalue weighted by atomic mass is 9.96. The SMILES string of the molecule is C1=Cc2c(c3cc4c5ccccc5n(-c5ccc(-c6ccccc6)cc5)c4cc3n2C2C=CC(c3ccccc3)=CC2)CC1. The van der Waals surface area contributed by atoms with Gasteiger partial charge in [-0.05, 0) is 83.5 Å². The summed E-state index contributed by atoms with van der Waals surface area (Å²) in [6, 6.07) is 44.5. The molecule has 0 radical (unpaired) electrons. The smallest absolute Gasteiger partial charge is 0.0562 e. The van der Waals surface area contributed by atoms with Gasteiger partial charge in [0.1, 0.15) is 0 Å². The lowest BCUT2D eigenvalue weighted by Crippen LogP contribution is -2.11. The molecule has 0 bridgehead atoms. The second-order valence-corrected chi connectivity index (χ2v) is 12.0. The number of nitrogens with zero attached hydrogens (tertiary/aromatic N) is 2. The zero-order chi connectivity index (χ0) is 29.0. The molecule has 0 aliphatic heterocycles. The Morgan fingerprint density at radius 1 is 0.568 bits per heavy atom. The predicted molar refractivity (Wildman–Crippen MR) is 186 cm³/mol. The van der Waals surface area contributed by atoms with Crippen molar-refractivity contribution in [2.45, 2.75) is 25.3 Å². The molecule has 44 heavy (non-hydrogen) atoms. The van der Waals surface area contributed by atoms with Crippen molar-refractivity contribution in [1.29, 1.82) is 0 Å². The summed E-state index contributed by atoms with van der Waals surface area (Å²) in [7, 11) is 0. The Kier molecular flexibility index (Phi) is 5.80. The second kappa shape index (κ2) is 10.1. The van der Waals surface area contributed by atoms with Gasteiger partial charge in [-0.15, -0.1) is 0 Å². The molecule has 2 nitrogen and oxygen atoms in total. The predicted octanol–water partition coefficient (Wildman–Crippen LogP) is 10.9. The first kappa shape index (κ1) is 25.2. The van der Waals surface area contributed by atoms with Gasteiger partial charge in [-0.1, -0.05) is 115 Å². The number of hydrogen-bond donors (Lipinski definition) is 0. The van der Waals surface area contributed by atoms with Crippen LogP contribution in [0.25, 0.3) is 61.2 Å². The fourth-order valence-electron chi connectivity index (χ4n) is 7.44. The van der Waals surface area contributed by atoms with E-state index in [1.807, 2.05) is 0 Å². The summed E-state index contributed by atoms with van der Waals surface area (Å²) >= 11 is 0. The molecular formula is C42H32N2. The van der Waals surface area contributed by atoms with Crippen LogP contribution >= 0.6 is 0 Å². The Morgan fingerprint density at radius 2 is 1.30 bits per heavy atom. The van der Waals surface area contributed by atoms with Crippen LogP contribution in [0.1, 0.15) is 35.7 Å². The van der Waals surface area contributed by atoms with Gasteiger partial charge in [-0.2, -0.15) is 0 Å². The number of allylic oxidation sites excluding steroid dienone is 5. The van der Waals surface area contributed by atoms with E-state index < -0.39 is 0 Å². The first-order valence-corrected chi connectivity index (χ1v) is 15.7. The summed E-state index contributed by atoms with van der Waals surface area (Å²) in [6.07, 6.45) is 15.0. The largest absolute Gasteiger partial charge is 0.333 e. The highest BCUT2D eigenvalue weighted by Crippen LogP contribution is 2.42. The Bertz CT molecular complexity index is 2270. The van der Waals surface area contributed by atoms with Crippen LogP contribution in [0.15, 0.2) is 146 Å². The first-order chi connectivity index (χ1) is 21.8. The molecular weight excluding hydrogens is 532 g/mol. The number of fused-ring (bicyclic) bond motifs is 6. The van der Waals surface area contributed by atoms with E-state index in [9.17, 15) is 0 Å². The molecule has 0 saturated carbocycles. The van der Waals surface area contributed by atoms with Crippen LogP contribution in [0.5, 0.6) is 0 Å². The van der Waals surface area contributed by atoms with Crippen molar-refractivity contribution in [3.8, 4) is 16.8 Å². The third-order valence-electron chi connectivity index (χ3n) is 9.53. The number of hydrogen-bond acceptors (Lipinski definition) is 0. The van der Waals surface area contributed by atoms with Crippen molar-refractivity contribution in [3.05, 3.63) is 162 Å². The van der Waals surface area contributed by atoms with Crippen molar-refractivity contribution >= 4 is 44.4 Å². The molecule has 0 spiro atoms. The molecule has 210 valence electrons. The van der Waals surface area contributed by atoms with E-state index in [0.717, 1.165) is 19.3 Å². The van der Waals surface area contributed by atoms with Gasteiger partial charge in [-0.3, -0.25) is 0 Å². The average Bonchev–Trinajstić information content (AvgIpc) is 3.60. The van der Waals surface area contributed by atoms with Gasteiger partial charge in [-0.25, -0.2) is 0 Å². The van der Waals surface area contributed by atoms with Crippen LogP contribution in [0, 0.1) is 0 Å². The minimum atomic E-state index is 0.275. The van der Waals surface area contributed by atoms with Crippen LogP contribution in [0.3, 0.4) is 0 Å². The molecule has 1 unspecified atom stereocenters. The average molecular weight is 565 g/mol. The molecule has 5 aromatic carbocycles. The molecule has 2 aliphatic carbocycles. The van der Waals surface area contributed by atoms with Crippen molar-refractivity contribution < 1.29 is 0 Å². The Morgan fingerprint density at radius 3 is 2.07 bits per heavy atom. The Balaban J connectivity index is 1.23. The zero-order valence-electron chi connectivity index (χ0n) is 24.5. The van der Waals surface area contributed by atoms with Gasteiger partial charge in [0.25, 0.3) is 0 Å². The van der Waals surface area contributed by atoms with E-state index in [0.29, 0.717) is 0 Å². The van der Waals surface area contributed by atoms with E-state index in [4.69, 9.17) is 0 Å². The first-order valence-electron chi connectivity index (χ1n) is 15.7. The number of aryl methyl sites for hydroxylation is 1. The highest BCUT2D eigenvalue weighted by Gasteiger charge is 2.24. The topological polar surface area (TPSA) is 9.86 Å². The Hall–Kier alpha value is -5.34. The highest BCUT2D eigenvalue weighted by molar-refractivity contribution is 6.14. The molecule has 2 heterocycles. The fourth-order valence-corrected chi connectivity index (χ4v) is 7.44. The molecule has 7 aromatic rings. The highest BCUT2D eigenvalue weighted by atomic mass is 15.0. The quantitative estimate of drug-likeness (QED) is 0.201. The number of aromatic nitrogens is 2. The van der Waals surface area contributed by atoms with Crippen LogP contribution in [-0.4, -0.2) is 9.13 Å². The fraction of sp³-hybridized carbons (Fsp3) is 0.0952. The van der Waals surface area contributed by atoms with Gasteiger partial charge >= 0.3 is 0 Å². The number of benzene rings is 5. The van der Waals surface area contributed by atoms with Crippen LogP contribution in [0.4, 0.5) is 0 Å². The monoisotopic (exact) mass is 564 g/mol. The maximum absolute atomic E-state index is 2.61. The Labute approximate surface area is 257 Å². The molecule has 2 aromatic heterocycles. The molecule has 0 amide bonds. The zero-order valence-corrected chi connectivity index (χ0v) is 24.5. The van der Waals surface area contributed by atoms with Crippen LogP contribution < -0.4 is 0 Å². The van der Waals surface area contributed by atoms with Gasteiger partial charge in [0, 0.05) is 27.5 Å². The van der Waals surface area contributed by atoms with Crippen molar-refractivity contribution in [2.75, 3.05) is 0 Å². The van der Waals surface area contributed by atoms with Crippen molar-refractivity contribution in [2.24, 2.45) is 0 Å². The van der Waals surface area contributed by atoms with Crippen molar-refractivity contribution in [1.82, 2.24) is 9.13 Å². The molecule has 0 saturated heterocycles. The minimum absolute atomic E-state index is 0.275. The summed E-state index contributed by atoms with van der Waals surface area (Å²) in [5.41, 5.74) is 12.9.